The summed E-state index contributed by atoms with van der Waals surface area (Å²) in [7, 11) is -2.37. The molecular weight excluding hydrogens is 460 g/mol. The van der Waals surface area contributed by atoms with E-state index in [1.54, 1.807) is 29.4 Å². The second-order valence-electron chi connectivity index (χ2n) is 7.09. The van der Waals surface area contributed by atoms with Crippen LogP contribution in [0.25, 0.3) is 17.0 Å². The van der Waals surface area contributed by atoms with Crippen LogP contribution in [0.3, 0.4) is 0 Å². The molecule has 4 rings (SSSR count). The third-order valence-electron chi connectivity index (χ3n) is 5.02. The molecule has 4 heterocycles. The van der Waals surface area contributed by atoms with Gasteiger partial charge in [0.25, 0.3) is 0 Å². The van der Waals surface area contributed by atoms with Crippen LogP contribution in [0.4, 0.5) is 0 Å². The molecule has 0 spiro atoms. The molecule has 3 aromatic rings. The maximum atomic E-state index is 13.1. The summed E-state index contributed by atoms with van der Waals surface area (Å²) in [5, 5.41) is 2.07. The second-order valence-corrected chi connectivity index (χ2v) is 10.6. The molecule has 0 bridgehead atoms. The lowest BCUT2D eigenvalue weighted by atomic mass is 10.2. The van der Waals surface area contributed by atoms with Gasteiger partial charge in [-0.3, -0.25) is 9.78 Å². The van der Waals surface area contributed by atoms with Crippen molar-refractivity contribution in [1.82, 2.24) is 19.2 Å². The molecular formula is C20H21ClN4O4S2. The molecule has 1 amide bonds. The summed E-state index contributed by atoms with van der Waals surface area (Å²) in [4.78, 5) is 22.9. The van der Waals surface area contributed by atoms with Gasteiger partial charge in [0.1, 0.15) is 6.04 Å². The highest BCUT2D eigenvalue weighted by molar-refractivity contribution is 7.92. The second kappa shape index (κ2) is 9.09. The van der Waals surface area contributed by atoms with E-state index >= 15 is 0 Å². The summed E-state index contributed by atoms with van der Waals surface area (Å²) >= 11 is 7.18. The summed E-state index contributed by atoms with van der Waals surface area (Å²) in [5.41, 5.74) is 1.80. The number of sulfonamides is 1. The van der Waals surface area contributed by atoms with Crippen molar-refractivity contribution >= 4 is 55.8 Å². The predicted octanol–water partition coefficient (Wildman–Crippen LogP) is 2.94. The minimum Gasteiger partial charge on any atom is -0.382 e. The molecule has 0 radical (unpaired) electrons. The van der Waals surface area contributed by atoms with Crippen LogP contribution in [0.2, 0.25) is 4.34 Å². The van der Waals surface area contributed by atoms with Gasteiger partial charge < -0.3 is 14.6 Å². The number of hydrogen-bond donors (Lipinski definition) is 1. The Morgan fingerprint density at radius 3 is 2.90 bits per heavy atom. The number of pyridine rings is 1. The topological polar surface area (TPSA) is 95.6 Å². The van der Waals surface area contributed by atoms with E-state index in [0.29, 0.717) is 10.9 Å². The quantitative estimate of drug-likeness (QED) is 0.561. The first-order valence-corrected chi connectivity index (χ1v) is 12.2. The molecule has 31 heavy (non-hydrogen) atoms. The highest BCUT2D eigenvalue weighted by Crippen LogP contribution is 2.25. The zero-order valence-electron chi connectivity index (χ0n) is 16.7. The standard InChI is InChI=1S/C20H21ClN4O4S2/c1-29-13-18-20(26)24(12-15-10-14-11-22-6-4-17(14)23-15)7-8-25(18)31(27,28)9-5-16-2-3-19(21)30-16/h2-6,9-11,18,23H,7-8,12-13H2,1H3/t18-/m0/s1. The molecule has 8 nitrogen and oxygen atoms in total. The van der Waals surface area contributed by atoms with Crippen molar-refractivity contribution in [2.75, 3.05) is 26.8 Å². The van der Waals surface area contributed by atoms with E-state index in [9.17, 15) is 13.2 Å². The average molecular weight is 481 g/mol. The molecule has 0 aliphatic carbocycles. The SMILES string of the molecule is COC[C@H]1C(=O)N(Cc2cc3cnccc3[nH]2)CCN1S(=O)(=O)C=Cc1ccc(Cl)s1. The Kier molecular flexibility index (Phi) is 6.44. The summed E-state index contributed by atoms with van der Waals surface area (Å²) in [6.07, 6.45) is 4.94. The fraction of sp³-hybridized carbons (Fsp3) is 0.300. The number of hydrogen-bond acceptors (Lipinski definition) is 6. The summed E-state index contributed by atoms with van der Waals surface area (Å²) in [6, 6.07) is 6.33. The summed E-state index contributed by atoms with van der Waals surface area (Å²) in [5.74, 6) is -0.291. The predicted molar refractivity (Wildman–Crippen MR) is 121 cm³/mol. The van der Waals surface area contributed by atoms with E-state index in [-0.39, 0.29) is 25.6 Å². The number of ether oxygens (including phenoxy) is 1. The van der Waals surface area contributed by atoms with Gasteiger partial charge in [0.05, 0.1) is 17.5 Å². The Hall–Kier alpha value is -2.24. The van der Waals surface area contributed by atoms with Crippen molar-refractivity contribution in [1.29, 1.82) is 0 Å². The lowest BCUT2D eigenvalue weighted by molar-refractivity contribution is -0.141. The fourth-order valence-corrected chi connectivity index (χ4v) is 5.93. The summed E-state index contributed by atoms with van der Waals surface area (Å²) in [6.45, 7) is 0.791. The van der Waals surface area contributed by atoms with Crippen LogP contribution in [0.15, 0.2) is 42.1 Å². The number of carbonyl (C=O) groups is 1. The Labute approximate surface area is 189 Å². The molecule has 0 unspecified atom stereocenters. The van der Waals surface area contributed by atoms with Gasteiger partial charge >= 0.3 is 0 Å². The number of fused-ring (bicyclic) bond motifs is 1. The van der Waals surface area contributed by atoms with Crippen LogP contribution in [-0.2, 0) is 26.1 Å². The first-order valence-electron chi connectivity index (χ1n) is 9.52. The van der Waals surface area contributed by atoms with Crippen molar-refractivity contribution < 1.29 is 17.9 Å². The van der Waals surface area contributed by atoms with Crippen LogP contribution in [0, 0.1) is 0 Å². The average Bonchev–Trinajstić information content (AvgIpc) is 3.34. The van der Waals surface area contributed by atoms with Crippen molar-refractivity contribution in [3.8, 4) is 0 Å². The lowest BCUT2D eigenvalue weighted by Gasteiger charge is -2.38. The molecule has 1 fully saturated rings. The van der Waals surface area contributed by atoms with Gasteiger partial charge in [-0.15, -0.1) is 11.3 Å². The Morgan fingerprint density at radius 1 is 1.35 bits per heavy atom. The maximum absolute atomic E-state index is 13.1. The number of aromatic amines is 1. The number of piperazine rings is 1. The van der Waals surface area contributed by atoms with E-state index in [1.165, 1.54) is 28.8 Å². The van der Waals surface area contributed by atoms with Crippen LogP contribution in [0.1, 0.15) is 10.6 Å². The number of halogens is 1. The third kappa shape index (κ3) is 4.83. The molecule has 0 saturated carbocycles. The minimum absolute atomic E-state index is 0.0240. The molecule has 1 aliphatic heterocycles. The molecule has 1 saturated heterocycles. The maximum Gasteiger partial charge on any atom is 0.243 e. The van der Waals surface area contributed by atoms with Gasteiger partial charge in [0.15, 0.2) is 0 Å². The number of carbonyl (C=O) groups excluding carboxylic acids is 1. The molecule has 11 heteroatoms. The smallest absolute Gasteiger partial charge is 0.243 e. The Bertz CT molecular complexity index is 1190. The van der Waals surface area contributed by atoms with E-state index < -0.39 is 16.1 Å². The molecule has 1 atom stereocenters. The Morgan fingerprint density at radius 2 is 2.19 bits per heavy atom. The molecule has 1 N–H and O–H groups in total. The normalized spacial score (nSPS) is 18.5. The van der Waals surface area contributed by atoms with Crippen molar-refractivity contribution in [3.05, 3.63) is 57.0 Å². The molecule has 0 aromatic carbocycles. The van der Waals surface area contributed by atoms with Crippen molar-refractivity contribution in [2.24, 2.45) is 0 Å². The highest BCUT2D eigenvalue weighted by atomic mass is 35.5. The molecule has 1 aliphatic rings. The summed E-state index contributed by atoms with van der Waals surface area (Å²) < 4.78 is 32.9. The molecule has 164 valence electrons. The van der Waals surface area contributed by atoms with Crippen molar-refractivity contribution in [3.63, 3.8) is 0 Å². The number of nitrogens with zero attached hydrogens (tertiary/aromatic N) is 3. The van der Waals surface area contributed by atoms with Gasteiger partial charge in [0, 0.05) is 59.5 Å². The largest absolute Gasteiger partial charge is 0.382 e. The number of thiophene rings is 1. The van der Waals surface area contributed by atoms with Gasteiger partial charge in [-0.05, 0) is 30.3 Å². The van der Waals surface area contributed by atoms with Gasteiger partial charge in [0.2, 0.25) is 15.9 Å². The number of rotatable bonds is 7. The zero-order valence-corrected chi connectivity index (χ0v) is 19.1. The lowest BCUT2D eigenvalue weighted by Crippen LogP contribution is -2.59. The highest BCUT2D eigenvalue weighted by Gasteiger charge is 2.40. The van der Waals surface area contributed by atoms with Gasteiger partial charge in [-0.1, -0.05) is 11.6 Å². The number of methoxy groups -OCH3 is 1. The van der Waals surface area contributed by atoms with Crippen LogP contribution < -0.4 is 0 Å². The van der Waals surface area contributed by atoms with E-state index in [1.807, 2.05) is 12.1 Å². The fourth-order valence-electron chi connectivity index (χ4n) is 3.57. The number of amides is 1. The number of aromatic nitrogens is 2. The monoisotopic (exact) mass is 480 g/mol. The first kappa shape index (κ1) is 22.0. The molecule has 3 aromatic heterocycles. The van der Waals surface area contributed by atoms with Crippen LogP contribution in [0.5, 0.6) is 0 Å². The number of H-pyrrole nitrogens is 1. The number of nitrogens with one attached hydrogen (secondary N) is 1. The minimum atomic E-state index is -3.82. The third-order valence-corrected chi connectivity index (χ3v) is 7.79. The zero-order chi connectivity index (χ0) is 22.0. The van der Waals surface area contributed by atoms with Gasteiger partial charge in [-0.25, -0.2) is 8.42 Å². The van der Waals surface area contributed by atoms with Crippen LogP contribution in [-0.4, -0.2) is 66.3 Å². The van der Waals surface area contributed by atoms with E-state index in [0.717, 1.165) is 26.9 Å². The van der Waals surface area contributed by atoms with Gasteiger partial charge in [-0.2, -0.15) is 4.31 Å². The van der Waals surface area contributed by atoms with Crippen LogP contribution >= 0.6 is 22.9 Å². The van der Waals surface area contributed by atoms with Crippen molar-refractivity contribution in [2.45, 2.75) is 12.6 Å². The Balaban J connectivity index is 1.52. The van der Waals surface area contributed by atoms with E-state index in [4.69, 9.17) is 16.3 Å². The first-order chi connectivity index (χ1) is 14.9. The van der Waals surface area contributed by atoms with E-state index in [2.05, 4.69) is 9.97 Å².